The number of carbonyl (C=O) groups excluding carboxylic acids is 2. The highest BCUT2D eigenvalue weighted by molar-refractivity contribution is 5.98. The lowest BCUT2D eigenvalue weighted by atomic mass is 9.87. The number of likely N-dealkylation sites (tertiary alicyclic amines) is 1. The van der Waals surface area contributed by atoms with E-state index in [9.17, 15) is 9.59 Å². The molecule has 2 fully saturated rings. The second-order valence-corrected chi connectivity index (χ2v) is 8.55. The smallest absolute Gasteiger partial charge is 0.289 e. The summed E-state index contributed by atoms with van der Waals surface area (Å²) in [5.74, 6) is 0.192. The van der Waals surface area contributed by atoms with Crippen molar-refractivity contribution in [1.29, 1.82) is 0 Å². The van der Waals surface area contributed by atoms with E-state index in [0.29, 0.717) is 29.9 Å². The number of amides is 2. The van der Waals surface area contributed by atoms with Crippen LogP contribution in [0, 0.1) is 5.41 Å². The summed E-state index contributed by atoms with van der Waals surface area (Å²) in [5, 5.41) is 3.72. The largest absolute Gasteiger partial charge is 0.451 e. The van der Waals surface area contributed by atoms with Crippen molar-refractivity contribution < 1.29 is 18.7 Å². The summed E-state index contributed by atoms with van der Waals surface area (Å²) in [5.41, 5.74) is 2.47. The second-order valence-electron chi connectivity index (χ2n) is 8.55. The van der Waals surface area contributed by atoms with Crippen LogP contribution in [-0.4, -0.2) is 48.0 Å². The number of hydrogen-bond acceptors (Lipinski definition) is 5. The van der Waals surface area contributed by atoms with Crippen LogP contribution in [0.4, 0.5) is 5.69 Å². The SMILES string of the molecule is O=C(CCc1cccnc1)Nc1ccc2oc(C(=O)N3CCC4(CCOC4)C3)cc2c1. The van der Waals surface area contributed by atoms with Crippen molar-refractivity contribution in [3.8, 4) is 0 Å². The quantitative estimate of drug-likeness (QED) is 0.682. The molecule has 3 aromatic rings. The Bertz CT molecular complexity index is 1100. The highest BCUT2D eigenvalue weighted by Crippen LogP contribution is 2.39. The molecule has 1 N–H and O–H groups in total. The van der Waals surface area contributed by atoms with Gasteiger partial charge < -0.3 is 19.4 Å². The highest BCUT2D eigenvalue weighted by Gasteiger charge is 2.43. The highest BCUT2D eigenvalue weighted by atomic mass is 16.5. The average Bonchev–Trinajstić information content (AvgIpc) is 3.53. The van der Waals surface area contributed by atoms with Crippen molar-refractivity contribution in [1.82, 2.24) is 9.88 Å². The molecular weight excluding hydrogens is 394 g/mol. The molecular formula is C24H25N3O4. The number of nitrogens with zero attached hydrogens (tertiary/aromatic N) is 2. The molecule has 1 aromatic carbocycles. The van der Waals surface area contributed by atoms with Crippen LogP contribution in [0.1, 0.15) is 35.4 Å². The van der Waals surface area contributed by atoms with Crippen molar-refractivity contribution in [2.24, 2.45) is 5.41 Å². The summed E-state index contributed by atoms with van der Waals surface area (Å²) in [6.07, 6.45) is 6.49. The van der Waals surface area contributed by atoms with Crippen molar-refractivity contribution in [3.05, 3.63) is 60.1 Å². The molecule has 7 nitrogen and oxygen atoms in total. The lowest BCUT2D eigenvalue weighted by Gasteiger charge is -2.21. The lowest BCUT2D eigenvalue weighted by molar-refractivity contribution is -0.116. The summed E-state index contributed by atoms with van der Waals surface area (Å²) in [4.78, 5) is 31.2. The van der Waals surface area contributed by atoms with Gasteiger partial charge in [-0.2, -0.15) is 0 Å². The van der Waals surface area contributed by atoms with Gasteiger partial charge in [0.1, 0.15) is 5.58 Å². The molecule has 0 bridgehead atoms. The zero-order valence-electron chi connectivity index (χ0n) is 17.3. The van der Waals surface area contributed by atoms with E-state index in [1.54, 1.807) is 30.6 Å². The van der Waals surface area contributed by atoms with E-state index < -0.39 is 0 Å². The van der Waals surface area contributed by atoms with Gasteiger partial charge in [0.2, 0.25) is 5.91 Å². The predicted octanol–water partition coefficient (Wildman–Crippen LogP) is 3.65. The molecule has 2 amide bonds. The molecule has 7 heteroatoms. The van der Waals surface area contributed by atoms with E-state index in [1.807, 2.05) is 23.1 Å². The van der Waals surface area contributed by atoms with Gasteiger partial charge in [-0.05, 0) is 55.2 Å². The molecule has 1 spiro atoms. The molecule has 0 radical (unpaired) electrons. The van der Waals surface area contributed by atoms with Crippen LogP contribution in [0.3, 0.4) is 0 Å². The molecule has 1 atom stereocenters. The van der Waals surface area contributed by atoms with Gasteiger partial charge in [-0.25, -0.2) is 0 Å². The number of aryl methyl sites for hydroxylation is 1. The fourth-order valence-electron chi connectivity index (χ4n) is 4.49. The van der Waals surface area contributed by atoms with Crippen LogP contribution in [0.5, 0.6) is 0 Å². The van der Waals surface area contributed by atoms with Crippen LogP contribution in [0.25, 0.3) is 11.0 Å². The Morgan fingerprint density at radius 2 is 2.13 bits per heavy atom. The summed E-state index contributed by atoms with van der Waals surface area (Å²) in [6.45, 7) is 2.97. The second kappa shape index (κ2) is 8.15. The normalized spacial score (nSPS) is 20.6. The molecule has 2 aliphatic heterocycles. The van der Waals surface area contributed by atoms with E-state index in [1.165, 1.54) is 0 Å². The van der Waals surface area contributed by atoms with Crippen LogP contribution >= 0.6 is 0 Å². The van der Waals surface area contributed by atoms with E-state index >= 15 is 0 Å². The number of carbonyl (C=O) groups is 2. The monoisotopic (exact) mass is 419 g/mol. The number of ether oxygens (including phenoxy) is 1. The Labute approximate surface area is 180 Å². The number of aromatic nitrogens is 1. The molecule has 5 rings (SSSR count). The lowest BCUT2D eigenvalue weighted by Crippen LogP contribution is -2.32. The molecule has 2 aliphatic rings. The molecule has 0 saturated carbocycles. The number of benzene rings is 1. The van der Waals surface area contributed by atoms with Gasteiger partial charge >= 0.3 is 0 Å². The third-order valence-electron chi connectivity index (χ3n) is 6.28. The van der Waals surface area contributed by atoms with Gasteiger partial charge in [0.05, 0.1) is 6.61 Å². The number of pyridine rings is 1. The Morgan fingerprint density at radius 1 is 1.19 bits per heavy atom. The van der Waals surface area contributed by atoms with E-state index in [2.05, 4.69) is 10.3 Å². The van der Waals surface area contributed by atoms with E-state index in [0.717, 1.165) is 50.1 Å². The first-order valence-electron chi connectivity index (χ1n) is 10.7. The number of rotatable bonds is 5. The minimum absolute atomic E-state index is 0.0656. The first kappa shape index (κ1) is 19.8. The fraction of sp³-hybridized carbons (Fsp3) is 0.375. The zero-order valence-corrected chi connectivity index (χ0v) is 17.3. The topological polar surface area (TPSA) is 84.7 Å². The molecule has 1 unspecified atom stereocenters. The Morgan fingerprint density at radius 3 is 2.94 bits per heavy atom. The summed E-state index contributed by atoms with van der Waals surface area (Å²) in [7, 11) is 0. The minimum Gasteiger partial charge on any atom is -0.451 e. The van der Waals surface area contributed by atoms with Crippen molar-refractivity contribution in [2.45, 2.75) is 25.7 Å². The number of hydrogen-bond donors (Lipinski definition) is 1. The number of anilines is 1. The van der Waals surface area contributed by atoms with Crippen LogP contribution in [-0.2, 0) is 16.0 Å². The Hall–Kier alpha value is -3.19. The van der Waals surface area contributed by atoms with Gasteiger partial charge in [-0.1, -0.05) is 6.07 Å². The van der Waals surface area contributed by atoms with Crippen LogP contribution < -0.4 is 5.32 Å². The summed E-state index contributed by atoms with van der Waals surface area (Å²) < 4.78 is 11.4. The maximum Gasteiger partial charge on any atom is 0.289 e. The zero-order chi connectivity index (χ0) is 21.3. The van der Waals surface area contributed by atoms with Gasteiger partial charge in [-0.3, -0.25) is 14.6 Å². The molecule has 31 heavy (non-hydrogen) atoms. The molecule has 160 valence electrons. The van der Waals surface area contributed by atoms with E-state index in [4.69, 9.17) is 9.15 Å². The van der Waals surface area contributed by atoms with E-state index in [-0.39, 0.29) is 17.2 Å². The molecule has 4 heterocycles. The van der Waals surface area contributed by atoms with Gasteiger partial charge in [0, 0.05) is 55.0 Å². The average molecular weight is 419 g/mol. The maximum absolute atomic E-state index is 13.0. The molecule has 2 aromatic heterocycles. The standard InChI is InChI=1S/C24H25N3O4/c28-22(6-3-17-2-1-9-25-14-17)26-19-4-5-20-18(12-19)13-21(31-20)23(29)27-10-7-24(15-27)8-11-30-16-24/h1-2,4-5,9,12-14H,3,6-8,10-11,15-16H2,(H,26,28). The first-order chi connectivity index (χ1) is 15.1. The third-order valence-corrected chi connectivity index (χ3v) is 6.28. The number of nitrogens with one attached hydrogen (secondary N) is 1. The minimum atomic E-state index is -0.0815. The first-order valence-corrected chi connectivity index (χ1v) is 10.7. The maximum atomic E-state index is 13.0. The molecule has 0 aliphatic carbocycles. The number of furan rings is 1. The Balaban J connectivity index is 1.23. The van der Waals surface area contributed by atoms with Gasteiger partial charge in [0.15, 0.2) is 5.76 Å². The summed E-state index contributed by atoms with van der Waals surface area (Å²) >= 11 is 0. The van der Waals surface area contributed by atoms with Gasteiger partial charge in [-0.15, -0.1) is 0 Å². The van der Waals surface area contributed by atoms with Crippen molar-refractivity contribution in [3.63, 3.8) is 0 Å². The fourth-order valence-corrected chi connectivity index (χ4v) is 4.49. The van der Waals surface area contributed by atoms with Crippen LogP contribution in [0.2, 0.25) is 0 Å². The Kier molecular flexibility index (Phi) is 5.19. The predicted molar refractivity (Wildman–Crippen MR) is 116 cm³/mol. The summed E-state index contributed by atoms with van der Waals surface area (Å²) in [6, 6.07) is 11.0. The molecule has 2 saturated heterocycles. The number of fused-ring (bicyclic) bond motifs is 1. The van der Waals surface area contributed by atoms with Crippen LogP contribution in [0.15, 0.2) is 53.2 Å². The van der Waals surface area contributed by atoms with Crippen molar-refractivity contribution >= 4 is 28.5 Å². The van der Waals surface area contributed by atoms with Gasteiger partial charge in [0.25, 0.3) is 5.91 Å². The third kappa shape index (κ3) is 4.18. The van der Waals surface area contributed by atoms with Crippen molar-refractivity contribution in [2.75, 3.05) is 31.6 Å².